The number of thiocarbonyl (C=S) groups is 1. The number of rotatable bonds is 3. The van der Waals surface area contributed by atoms with Crippen LogP contribution in [0.1, 0.15) is 23.2 Å². The number of benzene rings is 1. The fraction of sp³-hybridized carbons (Fsp3) is 0.333. The van der Waals surface area contributed by atoms with Crippen LogP contribution in [-0.2, 0) is 4.74 Å². The van der Waals surface area contributed by atoms with Crippen LogP contribution in [-0.4, -0.2) is 24.2 Å². The van der Waals surface area contributed by atoms with Crippen molar-refractivity contribution in [2.75, 3.05) is 12.4 Å². The third-order valence-electron chi connectivity index (χ3n) is 2.55. The molecule has 0 heterocycles. The maximum atomic E-state index is 11.4. The van der Waals surface area contributed by atoms with Crippen molar-refractivity contribution in [3.63, 3.8) is 0 Å². The summed E-state index contributed by atoms with van der Waals surface area (Å²) in [6.07, 6.45) is 2.27. The van der Waals surface area contributed by atoms with Gasteiger partial charge in [-0.15, -0.1) is 0 Å². The molecule has 0 unspecified atom stereocenters. The van der Waals surface area contributed by atoms with Gasteiger partial charge < -0.3 is 15.4 Å². The molecule has 0 saturated heterocycles. The number of ether oxygens (including phenoxy) is 1. The molecule has 1 aliphatic carbocycles. The van der Waals surface area contributed by atoms with Crippen LogP contribution in [0.25, 0.3) is 0 Å². The summed E-state index contributed by atoms with van der Waals surface area (Å²) in [5, 5.41) is 7.14. The zero-order chi connectivity index (χ0) is 13.1. The number of hydrogen-bond donors (Lipinski definition) is 2. The Morgan fingerprint density at radius 2 is 2.22 bits per heavy atom. The van der Waals surface area contributed by atoms with E-state index >= 15 is 0 Å². The number of nitrogens with one attached hydrogen (secondary N) is 2. The van der Waals surface area contributed by atoms with Crippen LogP contribution >= 0.6 is 23.8 Å². The summed E-state index contributed by atoms with van der Waals surface area (Å²) in [5.41, 5.74) is 1.02. The molecular weight excluding hydrogens is 272 g/mol. The fourth-order valence-electron chi connectivity index (χ4n) is 1.44. The lowest BCUT2D eigenvalue weighted by atomic mass is 10.2. The molecule has 2 N–H and O–H groups in total. The molecule has 0 amide bonds. The number of halogens is 1. The highest BCUT2D eigenvalue weighted by Gasteiger charge is 2.22. The van der Waals surface area contributed by atoms with Gasteiger partial charge in [0, 0.05) is 6.04 Å². The first-order chi connectivity index (χ1) is 8.60. The Morgan fingerprint density at radius 3 is 2.83 bits per heavy atom. The Bertz CT molecular complexity index is 489. The van der Waals surface area contributed by atoms with Crippen molar-refractivity contribution in [1.29, 1.82) is 0 Å². The van der Waals surface area contributed by atoms with Gasteiger partial charge in [-0.3, -0.25) is 0 Å². The smallest absolute Gasteiger partial charge is 0.337 e. The number of methoxy groups -OCH3 is 1. The van der Waals surface area contributed by atoms with Crippen molar-refractivity contribution in [2.24, 2.45) is 0 Å². The first-order valence-electron chi connectivity index (χ1n) is 5.55. The number of hydrogen-bond acceptors (Lipinski definition) is 3. The van der Waals surface area contributed by atoms with Gasteiger partial charge in [0.2, 0.25) is 0 Å². The molecule has 96 valence electrons. The summed E-state index contributed by atoms with van der Waals surface area (Å²) in [6, 6.07) is 5.33. The van der Waals surface area contributed by atoms with E-state index in [0.29, 0.717) is 27.4 Å². The standard InChI is InChI=1S/C12H13ClN2O2S/c1-17-11(16)7-2-5-9(13)10(6-7)15-12(18)14-8-3-4-8/h2,5-6,8H,3-4H2,1H3,(H2,14,15,18). The highest BCUT2D eigenvalue weighted by Crippen LogP contribution is 2.24. The van der Waals surface area contributed by atoms with Crippen molar-refractivity contribution < 1.29 is 9.53 Å². The molecular formula is C12H13ClN2O2S. The SMILES string of the molecule is COC(=O)c1ccc(Cl)c(NC(=S)NC2CC2)c1. The van der Waals surface area contributed by atoms with Gasteiger partial charge in [-0.05, 0) is 43.3 Å². The third-order valence-corrected chi connectivity index (χ3v) is 3.10. The van der Waals surface area contributed by atoms with E-state index in [1.165, 1.54) is 7.11 Å². The van der Waals surface area contributed by atoms with Gasteiger partial charge in [0.1, 0.15) is 0 Å². The second-order valence-electron chi connectivity index (χ2n) is 4.06. The van der Waals surface area contributed by atoms with E-state index in [4.69, 9.17) is 23.8 Å². The summed E-state index contributed by atoms with van der Waals surface area (Å²) in [6.45, 7) is 0. The minimum absolute atomic E-state index is 0.407. The molecule has 6 heteroatoms. The zero-order valence-corrected chi connectivity index (χ0v) is 11.4. The van der Waals surface area contributed by atoms with E-state index in [2.05, 4.69) is 15.4 Å². The van der Waals surface area contributed by atoms with E-state index in [1.807, 2.05) is 0 Å². The maximum Gasteiger partial charge on any atom is 0.337 e. The average Bonchev–Trinajstić information content (AvgIpc) is 3.14. The number of carbonyl (C=O) groups is 1. The molecule has 0 aliphatic heterocycles. The normalized spacial score (nSPS) is 13.9. The highest BCUT2D eigenvalue weighted by molar-refractivity contribution is 7.80. The largest absolute Gasteiger partial charge is 0.465 e. The summed E-state index contributed by atoms with van der Waals surface area (Å²) in [5.74, 6) is -0.407. The molecule has 1 fully saturated rings. The molecule has 1 aromatic carbocycles. The fourth-order valence-corrected chi connectivity index (χ4v) is 1.88. The van der Waals surface area contributed by atoms with E-state index in [1.54, 1.807) is 18.2 Å². The zero-order valence-electron chi connectivity index (χ0n) is 9.83. The lowest BCUT2D eigenvalue weighted by molar-refractivity contribution is 0.0601. The van der Waals surface area contributed by atoms with Crippen LogP contribution in [0.5, 0.6) is 0 Å². The predicted molar refractivity (Wildman–Crippen MR) is 75.2 cm³/mol. The minimum atomic E-state index is -0.407. The minimum Gasteiger partial charge on any atom is -0.465 e. The van der Waals surface area contributed by atoms with Gasteiger partial charge in [0.25, 0.3) is 0 Å². The molecule has 0 spiro atoms. The van der Waals surface area contributed by atoms with E-state index in [9.17, 15) is 4.79 Å². The van der Waals surface area contributed by atoms with Gasteiger partial charge in [0.15, 0.2) is 5.11 Å². The highest BCUT2D eigenvalue weighted by atomic mass is 35.5. The Morgan fingerprint density at radius 1 is 1.50 bits per heavy atom. The molecule has 1 aromatic rings. The van der Waals surface area contributed by atoms with Crippen LogP contribution in [0, 0.1) is 0 Å². The molecule has 4 nitrogen and oxygen atoms in total. The molecule has 0 bridgehead atoms. The first kappa shape index (κ1) is 13.1. The molecule has 1 aliphatic rings. The quantitative estimate of drug-likeness (QED) is 0.660. The second kappa shape index (κ2) is 5.54. The van der Waals surface area contributed by atoms with Crippen molar-refractivity contribution >= 4 is 40.6 Å². The van der Waals surface area contributed by atoms with Crippen LogP contribution in [0.3, 0.4) is 0 Å². The van der Waals surface area contributed by atoms with Gasteiger partial charge in [-0.1, -0.05) is 11.6 Å². The topological polar surface area (TPSA) is 50.4 Å². The van der Waals surface area contributed by atoms with Crippen LogP contribution in [0.4, 0.5) is 5.69 Å². The lowest BCUT2D eigenvalue weighted by Gasteiger charge is -2.12. The Labute approximate surface area is 116 Å². The van der Waals surface area contributed by atoms with Gasteiger partial charge in [-0.2, -0.15) is 0 Å². The van der Waals surface area contributed by atoms with Gasteiger partial charge >= 0.3 is 5.97 Å². The number of carbonyl (C=O) groups excluding carboxylic acids is 1. The summed E-state index contributed by atoms with van der Waals surface area (Å²) < 4.78 is 4.65. The van der Waals surface area contributed by atoms with E-state index in [-0.39, 0.29) is 0 Å². The molecule has 18 heavy (non-hydrogen) atoms. The van der Waals surface area contributed by atoms with Gasteiger partial charge in [-0.25, -0.2) is 4.79 Å². The third kappa shape index (κ3) is 3.34. The van der Waals surface area contributed by atoms with Crippen molar-refractivity contribution in [1.82, 2.24) is 5.32 Å². The summed E-state index contributed by atoms with van der Waals surface area (Å²) in [4.78, 5) is 11.4. The lowest BCUT2D eigenvalue weighted by Crippen LogP contribution is -2.30. The van der Waals surface area contributed by atoms with Crippen molar-refractivity contribution in [2.45, 2.75) is 18.9 Å². The molecule has 1 saturated carbocycles. The van der Waals surface area contributed by atoms with E-state index in [0.717, 1.165) is 12.8 Å². The number of anilines is 1. The monoisotopic (exact) mass is 284 g/mol. The molecule has 0 aromatic heterocycles. The van der Waals surface area contributed by atoms with Crippen LogP contribution in [0.15, 0.2) is 18.2 Å². The van der Waals surface area contributed by atoms with Crippen molar-refractivity contribution in [3.05, 3.63) is 28.8 Å². The molecule has 0 radical (unpaired) electrons. The molecule has 2 rings (SSSR count). The summed E-state index contributed by atoms with van der Waals surface area (Å²) in [7, 11) is 1.34. The van der Waals surface area contributed by atoms with Crippen LogP contribution in [0.2, 0.25) is 5.02 Å². The predicted octanol–water partition coefficient (Wildman–Crippen LogP) is 2.58. The van der Waals surface area contributed by atoms with E-state index < -0.39 is 5.97 Å². The Kier molecular flexibility index (Phi) is 4.04. The van der Waals surface area contributed by atoms with Gasteiger partial charge in [0.05, 0.1) is 23.4 Å². The Balaban J connectivity index is 2.09. The van der Waals surface area contributed by atoms with Crippen molar-refractivity contribution in [3.8, 4) is 0 Å². The Hall–Kier alpha value is -1.33. The number of esters is 1. The summed E-state index contributed by atoms with van der Waals surface area (Å²) >= 11 is 11.2. The first-order valence-corrected chi connectivity index (χ1v) is 6.34. The molecule has 0 atom stereocenters. The average molecular weight is 285 g/mol. The second-order valence-corrected chi connectivity index (χ2v) is 4.87. The maximum absolute atomic E-state index is 11.4. The van der Waals surface area contributed by atoms with Crippen LogP contribution < -0.4 is 10.6 Å².